The Morgan fingerprint density at radius 1 is 0.542 bits per heavy atom. The Kier molecular flexibility index (Phi) is 4.74. The Bertz CT molecular complexity index is 773. The van der Waals surface area contributed by atoms with E-state index in [1.165, 1.54) is 10.4 Å². The summed E-state index contributed by atoms with van der Waals surface area (Å²) in [6, 6.07) is 32.0. The minimum Gasteiger partial charge on any atom is -0.542 e. The number of benzene rings is 3. The smallest absolute Gasteiger partial charge is 0.267 e. The average molecular weight is 349 g/mol. The lowest BCUT2D eigenvalue weighted by Crippen LogP contribution is -2.74. The molecule has 0 saturated carbocycles. The first kappa shape index (κ1) is 16.7. The van der Waals surface area contributed by atoms with Gasteiger partial charge in [0.2, 0.25) is 0 Å². The van der Waals surface area contributed by atoms with E-state index in [9.17, 15) is 0 Å². The van der Waals surface area contributed by atoms with E-state index in [1.54, 1.807) is 0 Å². The van der Waals surface area contributed by atoms with Crippen LogP contribution in [0, 0.1) is 0 Å². The molecule has 0 radical (unpaired) electrons. The lowest BCUT2D eigenvalue weighted by molar-refractivity contribution is 0.575. The molecule has 1 atom stereocenters. The normalized spacial score (nSPS) is 14.0. The summed E-state index contributed by atoms with van der Waals surface area (Å²) in [5, 5.41) is 2.83. The highest BCUT2D eigenvalue weighted by molar-refractivity contribution is 7.48. The highest BCUT2D eigenvalue weighted by Gasteiger charge is 2.51. The number of rotatable bonds is 5. The Balaban J connectivity index is 2.12. The van der Waals surface area contributed by atoms with Crippen LogP contribution in [0.5, 0.6) is 5.75 Å². The highest BCUT2D eigenvalue weighted by atomic mass is 29.3. The Morgan fingerprint density at radius 2 is 0.958 bits per heavy atom. The van der Waals surface area contributed by atoms with Crippen molar-refractivity contribution in [3.8, 4) is 5.75 Å². The van der Waals surface area contributed by atoms with Gasteiger partial charge in [-0.15, -0.1) is 0 Å². The maximum atomic E-state index is 6.81. The third-order valence-corrected chi connectivity index (χ3v) is 20.5. The molecule has 0 amide bonds. The summed E-state index contributed by atoms with van der Waals surface area (Å²) < 4.78 is 6.81. The summed E-state index contributed by atoms with van der Waals surface area (Å²) in [5.41, 5.74) is 0. The van der Waals surface area contributed by atoms with Crippen LogP contribution in [0.4, 0.5) is 0 Å². The molecule has 0 spiro atoms. The predicted molar refractivity (Wildman–Crippen MR) is 108 cm³/mol. The van der Waals surface area contributed by atoms with Gasteiger partial charge in [-0.05, 0) is 23.9 Å². The van der Waals surface area contributed by atoms with Crippen molar-refractivity contribution >= 4 is 25.8 Å². The first-order valence-electron chi connectivity index (χ1n) is 8.39. The van der Waals surface area contributed by atoms with E-state index in [0.717, 1.165) is 5.75 Å². The fraction of sp³-hybridized carbons (Fsp3) is 0.143. The lowest BCUT2D eigenvalue weighted by Gasteiger charge is -2.41. The maximum Gasteiger partial charge on any atom is 0.267 e. The molecule has 24 heavy (non-hydrogen) atoms. The molecule has 0 aliphatic carbocycles. The van der Waals surface area contributed by atoms with E-state index in [1.807, 2.05) is 18.2 Å². The lowest BCUT2D eigenvalue weighted by atomic mass is 10.3. The second-order valence-corrected chi connectivity index (χ2v) is 20.1. The Morgan fingerprint density at radius 3 is 1.46 bits per heavy atom. The molecule has 0 aliphatic rings. The van der Waals surface area contributed by atoms with Gasteiger partial charge in [-0.3, -0.25) is 0 Å². The summed E-state index contributed by atoms with van der Waals surface area (Å²) >= 11 is 0. The fourth-order valence-corrected chi connectivity index (χ4v) is 13.2. The molecular weight excluding hydrogens is 324 g/mol. The van der Waals surface area contributed by atoms with Crippen LogP contribution in [0.25, 0.3) is 0 Å². The summed E-state index contributed by atoms with van der Waals surface area (Å²) in [4.78, 5) is 0. The van der Waals surface area contributed by atoms with Gasteiger partial charge >= 0.3 is 0 Å². The molecule has 3 aromatic rings. The molecule has 3 aromatic carbocycles. The van der Waals surface area contributed by atoms with Crippen molar-refractivity contribution < 1.29 is 4.43 Å². The predicted octanol–water partition coefficient (Wildman–Crippen LogP) is 4.24. The largest absolute Gasteiger partial charge is 0.542 e. The van der Waals surface area contributed by atoms with Gasteiger partial charge in [-0.2, -0.15) is 0 Å². The molecule has 0 N–H and O–H groups in total. The van der Waals surface area contributed by atoms with Crippen LogP contribution in [-0.4, -0.2) is 15.4 Å². The SMILES string of the molecule is C[Si](C)(c1ccccc1)[Si](C)(Oc1ccccc1)c1ccccc1. The third kappa shape index (κ3) is 3.10. The first-order valence-corrected chi connectivity index (χ1v) is 14.8. The standard InChI is InChI=1S/C21H24OSi2/c1-23(2,20-15-9-5-10-16-20)24(3,21-17-11-6-12-18-21)22-19-13-7-4-8-14-19/h4-18H,1-3H3. The molecule has 1 nitrogen and oxygen atoms in total. The van der Waals surface area contributed by atoms with Crippen molar-refractivity contribution in [3.63, 3.8) is 0 Å². The molecule has 122 valence electrons. The molecule has 0 heterocycles. The van der Waals surface area contributed by atoms with Gasteiger partial charge < -0.3 is 4.43 Å². The molecule has 3 rings (SSSR count). The number of hydrogen-bond donors (Lipinski definition) is 0. The van der Waals surface area contributed by atoms with Crippen molar-refractivity contribution in [2.45, 2.75) is 19.6 Å². The van der Waals surface area contributed by atoms with Crippen LogP contribution in [0.3, 0.4) is 0 Å². The van der Waals surface area contributed by atoms with Crippen LogP contribution in [0.2, 0.25) is 19.6 Å². The summed E-state index contributed by atoms with van der Waals surface area (Å²) in [5.74, 6) is 0.979. The molecule has 1 unspecified atom stereocenters. The maximum absolute atomic E-state index is 6.81. The van der Waals surface area contributed by atoms with E-state index in [2.05, 4.69) is 92.4 Å². The Labute approximate surface area is 146 Å². The zero-order valence-corrected chi connectivity index (χ0v) is 16.6. The Hall–Kier alpha value is -2.11. The van der Waals surface area contributed by atoms with Gasteiger partial charge in [0.15, 0.2) is 0 Å². The van der Waals surface area contributed by atoms with Gasteiger partial charge in [0.25, 0.3) is 7.83 Å². The van der Waals surface area contributed by atoms with E-state index < -0.39 is 15.4 Å². The van der Waals surface area contributed by atoms with Crippen LogP contribution < -0.4 is 14.8 Å². The minimum atomic E-state index is -2.20. The van der Waals surface area contributed by atoms with Crippen molar-refractivity contribution in [1.82, 2.24) is 0 Å². The summed E-state index contributed by atoms with van der Waals surface area (Å²) in [6.45, 7) is 7.28. The van der Waals surface area contributed by atoms with Crippen molar-refractivity contribution in [2.24, 2.45) is 0 Å². The molecule has 0 bridgehead atoms. The van der Waals surface area contributed by atoms with Crippen LogP contribution >= 0.6 is 0 Å². The van der Waals surface area contributed by atoms with Gasteiger partial charge in [-0.25, -0.2) is 0 Å². The van der Waals surface area contributed by atoms with E-state index in [-0.39, 0.29) is 0 Å². The molecule has 0 saturated heterocycles. The van der Waals surface area contributed by atoms with Crippen molar-refractivity contribution in [3.05, 3.63) is 91.0 Å². The van der Waals surface area contributed by atoms with E-state index >= 15 is 0 Å². The molecule has 0 aromatic heterocycles. The molecular formula is C21H24OSi2. The van der Waals surface area contributed by atoms with Crippen LogP contribution in [-0.2, 0) is 0 Å². The van der Waals surface area contributed by atoms with E-state index in [0.29, 0.717) is 0 Å². The fourth-order valence-electron chi connectivity index (χ4n) is 3.16. The zero-order chi connectivity index (χ0) is 17.0. The summed E-state index contributed by atoms with van der Waals surface area (Å²) in [7, 11) is -4.04. The first-order chi connectivity index (χ1) is 11.5. The van der Waals surface area contributed by atoms with Gasteiger partial charge in [0.1, 0.15) is 13.3 Å². The third-order valence-electron chi connectivity index (χ3n) is 5.08. The monoisotopic (exact) mass is 348 g/mol. The van der Waals surface area contributed by atoms with Crippen molar-refractivity contribution in [2.75, 3.05) is 0 Å². The number of para-hydroxylation sites is 1. The second-order valence-electron chi connectivity index (χ2n) is 6.81. The highest BCUT2D eigenvalue weighted by Crippen LogP contribution is 2.24. The topological polar surface area (TPSA) is 9.23 Å². The van der Waals surface area contributed by atoms with Crippen molar-refractivity contribution in [1.29, 1.82) is 0 Å². The second kappa shape index (κ2) is 6.79. The van der Waals surface area contributed by atoms with E-state index in [4.69, 9.17) is 4.43 Å². The zero-order valence-electron chi connectivity index (χ0n) is 14.6. The number of hydrogen-bond acceptors (Lipinski definition) is 1. The molecule has 3 heteroatoms. The van der Waals surface area contributed by atoms with Gasteiger partial charge in [0.05, 0.1) is 0 Å². The summed E-state index contributed by atoms with van der Waals surface area (Å²) in [6.07, 6.45) is 0. The van der Waals surface area contributed by atoms with Gasteiger partial charge in [0, 0.05) is 0 Å². The minimum absolute atomic E-state index is 0.979. The van der Waals surface area contributed by atoms with Crippen LogP contribution in [0.15, 0.2) is 91.0 Å². The van der Waals surface area contributed by atoms with Gasteiger partial charge in [-0.1, -0.05) is 97.1 Å². The molecule has 0 fully saturated rings. The average Bonchev–Trinajstić information content (AvgIpc) is 2.64. The molecule has 0 aliphatic heterocycles. The quantitative estimate of drug-likeness (QED) is 0.627. The van der Waals surface area contributed by atoms with Crippen LogP contribution in [0.1, 0.15) is 0 Å².